The topological polar surface area (TPSA) is 18.5 Å². The van der Waals surface area contributed by atoms with Gasteiger partial charge >= 0.3 is 0 Å². The molecule has 0 aliphatic carbocycles. The van der Waals surface area contributed by atoms with Crippen LogP contribution in [0.2, 0.25) is 0 Å². The first-order chi connectivity index (χ1) is 7.96. The zero-order valence-corrected chi connectivity index (χ0v) is 11.4. The minimum atomic E-state index is -0.259. The van der Waals surface area contributed by atoms with Crippen LogP contribution >= 0.6 is 0 Å². The van der Waals surface area contributed by atoms with Crippen LogP contribution in [0.15, 0.2) is 18.2 Å². The Bertz CT molecular complexity index is 403. The molecular weight excluding hydrogens is 212 g/mol. The van der Waals surface area contributed by atoms with Gasteiger partial charge in [0.05, 0.1) is 0 Å². The largest absolute Gasteiger partial charge is 0.232 e. The van der Waals surface area contributed by atoms with Crippen LogP contribution in [-0.2, 0) is 15.4 Å². The molecule has 1 aromatic rings. The van der Waals surface area contributed by atoms with Gasteiger partial charge in [-0.25, -0.2) is 9.78 Å². The zero-order valence-electron chi connectivity index (χ0n) is 11.4. The van der Waals surface area contributed by atoms with Gasteiger partial charge < -0.3 is 0 Å². The van der Waals surface area contributed by atoms with Crippen LogP contribution in [0.4, 0.5) is 0 Å². The minimum absolute atomic E-state index is 0.259. The Morgan fingerprint density at radius 3 is 2.18 bits per heavy atom. The number of rotatable bonds is 3. The van der Waals surface area contributed by atoms with Crippen molar-refractivity contribution in [3.63, 3.8) is 0 Å². The predicted octanol–water partition coefficient (Wildman–Crippen LogP) is 4.11. The van der Waals surface area contributed by atoms with Crippen molar-refractivity contribution in [1.82, 2.24) is 0 Å². The maximum absolute atomic E-state index is 5.33. The van der Waals surface area contributed by atoms with Gasteiger partial charge in [-0.1, -0.05) is 45.9 Å². The molecule has 1 aliphatic heterocycles. The number of hydrogen-bond donors (Lipinski definition) is 0. The van der Waals surface area contributed by atoms with Crippen molar-refractivity contribution < 1.29 is 9.78 Å². The van der Waals surface area contributed by atoms with Crippen molar-refractivity contribution in [3.05, 3.63) is 34.9 Å². The summed E-state index contributed by atoms with van der Waals surface area (Å²) in [5.74, 6) is 1.04. The molecule has 1 aromatic carbocycles. The Morgan fingerprint density at radius 2 is 1.76 bits per heavy atom. The lowest BCUT2D eigenvalue weighted by atomic mass is 9.81. The van der Waals surface area contributed by atoms with Gasteiger partial charge in [-0.3, -0.25) is 0 Å². The zero-order chi connectivity index (χ0) is 12.6. The summed E-state index contributed by atoms with van der Waals surface area (Å²) in [4.78, 5) is 10.3. The maximum Gasteiger partial charge on any atom is 0.152 e. The molecule has 2 rings (SSSR count). The van der Waals surface area contributed by atoms with Crippen molar-refractivity contribution in [2.24, 2.45) is 0 Å². The van der Waals surface area contributed by atoms with Crippen LogP contribution in [0, 0.1) is 0 Å². The second-order valence-electron chi connectivity index (χ2n) is 5.69. The van der Waals surface area contributed by atoms with Crippen LogP contribution in [-0.4, -0.2) is 6.61 Å². The van der Waals surface area contributed by atoms with E-state index in [0.717, 1.165) is 0 Å². The molecule has 2 nitrogen and oxygen atoms in total. The van der Waals surface area contributed by atoms with Gasteiger partial charge in [0.2, 0.25) is 0 Å². The van der Waals surface area contributed by atoms with E-state index in [0.29, 0.717) is 18.4 Å². The third-order valence-electron chi connectivity index (χ3n) is 3.49. The van der Waals surface area contributed by atoms with Crippen LogP contribution in [0.3, 0.4) is 0 Å². The van der Waals surface area contributed by atoms with Gasteiger partial charge in [-0.15, -0.1) is 0 Å². The highest BCUT2D eigenvalue weighted by Gasteiger charge is 2.40. The smallest absolute Gasteiger partial charge is 0.152 e. The quantitative estimate of drug-likeness (QED) is 0.733. The van der Waals surface area contributed by atoms with E-state index in [4.69, 9.17) is 9.78 Å². The predicted molar refractivity (Wildman–Crippen MR) is 69.0 cm³/mol. The summed E-state index contributed by atoms with van der Waals surface area (Å²) in [6, 6.07) is 6.53. The van der Waals surface area contributed by atoms with Crippen molar-refractivity contribution in [1.29, 1.82) is 0 Å². The molecule has 17 heavy (non-hydrogen) atoms. The molecule has 1 aliphatic rings. The summed E-state index contributed by atoms with van der Waals surface area (Å²) in [7, 11) is 0. The first-order valence-corrected chi connectivity index (χ1v) is 6.39. The van der Waals surface area contributed by atoms with Crippen LogP contribution in [0.5, 0.6) is 0 Å². The van der Waals surface area contributed by atoms with Crippen LogP contribution in [0.25, 0.3) is 0 Å². The fourth-order valence-electron chi connectivity index (χ4n) is 2.55. The molecule has 0 N–H and O–H groups in total. The molecule has 1 unspecified atom stereocenters. The number of benzene rings is 1. The molecule has 1 atom stereocenters. The standard InChI is InChI=1S/C15H22O2/c1-10(2)12-7-6-8-13(14(12)11(3)4)15(5)9-16-17-15/h6-8,10-11H,9H2,1-5H3. The monoisotopic (exact) mass is 234 g/mol. The first kappa shape index (κ1) is 12.6. The van der Waals surface area contributed by atoms with Gasteiger partial charge in [0.15, 0.2) is 5.60 Å². The molecule has 0 bridgehead atoms. The van der Waals surface area contributed by atoms with E-state index in [9.17, 15) is 0 Å². The summed E-state index contributed by atoms with van der Waals surface area (Å²) in [6.07, 6.45) is 0. The third kappa shape index (κ3) is 2.12. The normalized spacial score (nSPS) is 24.2. The van der Waals surface area contributed by atoms with E-state index in [2.05, 4.69) is 52.8 Å². The van der Waals surface area contributed by atoms with E-state index >= 15 is 0 Å². The fourth-order valence-corrected chi connectivity index (χ4v) is 2.55. The molecule has 0 saturated carbocycles. The molecule has 1 heterocycles. The Balaban J connectivity index is 2.55. The minimum Gasteiger partial charge on any atom is -0.232 e. The van der Waals surface area contributed by atoms with Crippen molar-refractivity contribution >= 4 is 0 Å². The van der Waals surface area contributed by atoms with Gasteiger partial charge in [-0.05, 0) is 35.4 Å². The van der Waals surface area contributed by atoms with Gasteiger partial charge in [0, 0.05) is 0 Å². The summed E-state index contributed by atoms with van der Waals surface area (Å²) in [6.45, 7) is 11.7. The number of hydrogen-bond acceptors (Lipinski definition) is 2. The maximum atomic E-state index is 5.33. The Labute approximate surface area is 104 Å². The van der Waals surface area contributed by atoms with Crippen molar-refractivity contribution in [3.8, 4) is 0 Å². The summed E-state index contributed by atoms with van der Waals surface area (Å²) < 4.78 is 0. The Hall–Kier alpha value is -0.860. The van der Waals surface area contributed by atoms with E-state index in [1.165, 1.54) is 16.7 Å². The second kappa shape index (κ2) is 4.43. The van der Waals surface area contributed by atoms with E-state index in [1.807, 2.05) is 0 Å². The van der Waals surface area contributed by atoms with Crippen molar-refractivity contribution in [2.75, 3.05) is 6.61 Å². The van der Waals surface area contributed by atoms with Gasteiger partial charge in [-0.2, -0.15) is 0 Å². The molecule has 0 amide bonds. The van der Waals surface area contributed by atoms with E-state index in [-0.39, 0.29) is 5.60 Å². The SMILES string of the molecule is CC(C)c1cccc(C2(C)COO2)c1C(C)C. The molecule has 0 aromatic heterocycles. The van der Waals surface area contributed by atoms with E-state index in [1.54, 1.807) is 0 Å². The lowest BCUT2D eigenvalue weighted by molar-refractivity contribution is -0.474. The third-order valence-corrected chi connectivity index (χ3v) is 3.49. The molecule has 1 fully saturated rings. The second-order valence-corrected chi connectivity index (χ2v) is 5.69. The lowest BCUT2D eigenvalue weighted by Crippen LogP contribution is -2.42. The first-order valence-electron chi connectivity index (χ1n) is 6.39. The lowest BCUT2D eigenvalue weighted by Gasteiger charge is -2.39. The molecule has 2 heteroatoms. The molecule has 1 saturated heterocycles. The van der Waals surface area contributed by atoms with Crippen LogP contribution in [0.1, 0.15) is 63.1 Å². The highest BCUT2D eigenvalue weighted by atomic mass is 17.2. The highest BCUT2D eigenvalue weighted by Crippen LogP contribution is 2.40. The van der Waals surface area contributed by atoms with Crippen molar-refractivity contribution in [2.45, 2.75) is 52.1 Å². The van der Waals surface area contributed by atoms with Gasteiger partial charge in [0.1, 0.15) is 6.61 Å². The Morgan fingerprint density at radius 1 is 1.12 bits per heavy atom. The average molecular weight is 234 g/mol. The summed E-state index contributed by atoms with van der Waals surface area (Å²) >= 11 is 0. The molecule has 0 radical (unpaired) electrons. The summed E-state index contributed by atoms with van der Waals surface area (Å²) in [5.41, 5.74) is 3.87. The van der Waals surface area contributed by atoms with E-state index < -0.39 is 0 Å². The average Bonchev–Trinajstić information content (AvgIpc) is 2.24. The van der Waals surface area contributed by atoms with Crippen LogP contribution < -0.4 is 0 Å². The Kier molecular flexibility index (Phi) is 3.28. The fraction of sp³-hybridized carbons (Fsp3) is 0.600. The van der Waals surface area contributed by atoms with Gasteiger partial charge in [0.25, 0.3) is 0 Å². The molecular formula is C15H22O2. The summed E-state index contributed by atoms with van der Waals surface area (Å²) in [5, 5.41) is 0. The molecule has 0 spiro atoms. The highest BCUT2D eigenvalue weighted by molar-refractivity contribution is 5.42. The molecule has 94 valence electrons.